The van der Waals surface area contributed by atoms with Crippen LogP contribution in [-0.2, 0) is 27.0 Å². The highest BCUT2D eigenvalue weighted by molar-refractivity contribution is 6.07. The Bertz CT molecular complexity index is 1720. The number of rotatable bonds is 8. The van der Waals surface area contributed by atoms with Crippen molar-refractivity contribution in [2.75, 3.05) is 25.6 Å². The molecule has 3 saturated carbocycles. The highest BCUT2D eigenvalue weighted by Crippen LogP contribution is 2.54. The molecule has 2 aromatic rings. The van der Waals surface area contributed by atoms with Gasteiger partial charge in [-0.05, 0) is 73.4 Å². The molecule has 3 N–H and O–H groups in total. The molecular weight excluding hydrogens is 636 g/mol. The summed E-state index contributed by atoms with van der Waals surface area (Å²) < 4.78 is 64.9. The van der Waals surface area contributed by atoms with Gasteiger partial charge in [-0.15, -0.1) is 0 Å². The van der Waals surface area contributed by atoms with Gasteiger partial charge in [-0.1, -0.05) is 17.7 Å². The number of benzene rings is 2. The quantitative estimate of drug-likeness (QED) is 0.211. The SMILES string of the molecule is COc1ccc(CN2C(=O)NC3(CCOC3)C2=O)cc1C(=O)N[C@H]1[C@@H](C(=O)Nc2ccc(F)c(C(F)(F)F)c2)[C@H]2CC[C@@H]1/C2=C\C1CC1. The molecule has 5 fully saturated rings. The number of allylic oxidation sites excluding steroid dienone is 1. The molecule has 0 radical (unpaired) electrons. The summed E-state index contributed by atoms with van der Waals surface area (Å²) in [4.78, 5) is 54.7. The van der Waals surface area contributed by atoms with Gasteiger partial charge in [-0.2, -0.15) is 13.2 Å². The lowest BCUT2D eigenvalue weighted by Crippen LogP contribution is -2.48. The Balaban J connectivity index is 1.14. The van der Waals surface area contributed by atoms with Gasteiger partial charge in [0.15, 0.2) is 0 Å². The van der Waals surface area contributed by atoms with Gasteiger partial charge in [-0.25, -0.2) is 9.18 Å². The van der Waals surface area contributed by atoms with Crippen LogP contribution in [0.25, 0.3) is 0 Å². The Kier molecular flexibility index (Phi) is 7.96. The van der Waals surface area contributed by atoms with E-state index in [4.69, 9.17) is 9.47 Å². The highest BCUT2D eigenvalue weighted by atomic mass is 19.4. The fourth-order valence-electron chi connectivity index (χ4n) is 7.70. The normalized spacial score (nSPS) is 28.8. The second-order valence-electron chi connectivity index (χ2n) is 13.2. The van der Waals surface area contributed by atoms with Crippen molar-refractivity contribution in [3.8, 4) is 5.75 Å². The Hall–Kier alpha value is -4.46. The van der Waals surface area contributed by atoms with E-state index in [9.17, 15) is 36.7 Å². The second-order valence-corrected chi connectivity index (χ2v) is 13.2. The smallest absolute Gasteiger partial charge is 0.419 e. The van der Waals surface area contributed by atoms with E-state index in [2.05, 4.69) is 22.0 Å². The van der Waals surface area contributed by atoms with E-state index in [0.717, 1.165) is 35.8 Å². The Morgan fingerprint density at radius 3 is 2.56 bits per heavy atom. The van der Waals surface area contributed by atoms with E-state index < -0.39 is 58.8 Å². The number of imide groups is 1. The number of anilines is 1. The lowest BCUT2D eigenvalue weighted by molar-refractivity contribution is -0.140. The van der Waals surface area contributed by atoms with Gasteiger partial charge in [0.05, 0.1) is 37.3 Å². The molecular formula is C34H34F4N4O6. The summed E-state index contributed by atoms with van der Waals surface area (Å²) in [6.45, 7) is 0.344. The summed E-state index contributed by atoms with van der Waals surface area (Å²) in [5.74, 6) is -3.50. The average molecular weight is 671 g/mol. The third kappa shape index (κ3) is 5.69. The van der Waals surface area contributed by atoms with E-state index in [1.165, 1.54) is 13.2 Å². The number of ether oxygens (including phenoxy) is 2. The van der Waals surface area contributed by atoms with Gasteiger partial charge in [0.2, 0.25) is 5.91 Å². The zero-order valence-corrected chi connectivity index (χ0v) is 26.0. The maximum atomic E-state index is 14.0. The predicted octanol–water partition coefficient (Wildman–Crippen LogP) is 4.79. The number of nitrogens with one attached hydrogen (secondary N) is 3. The van der Waals surface area contributed by atoms with Crippen molar-refractivity contribution in [2.24, 2.45) is 23.7 Å². The van der Waals surface area contributed by atoms with Crippen LogP contribution in [0, 0.1) is 29.5 Å². The van der Waals surface area contributed by atoms with Gasteiger partial charge < -0.3 is 25.4 Å². The summed E-state index contributed by atoms with van der Waals surface area (Å²) >= 11 is 0. The number of urea groups is 1. The number of amides is 5. The van der Waals surface area contributed by atoms with Crippen molar-refractivity contribution in [1.82, 2.24) is 15.5 Å². The molecule has 7 rings (SSSR count). The summed E-state index contributed by atoms with van der Waals surface area (Å²) in [6, 6.07) is 5.82. The fourth-order valence-corrected chi connectivity index (χ4v) is 7.70. The van der Waals surface area contributed by atoms with Crippen molar-refractivity contribution < 1.29 is 46.2 Å². The number of nitrogens with zero attached hydrogens (tertiary/aromatic N) is 1. The second kappa shape index (κ2) is 11.9. The first-order valence-corrected chi connectivity index (χ1v) is 16.0. The van der Waals surface area contributed by atoms with Gasteiger partial charge in [0.1, 0.15) is 17.1 Å². The predicted molar refractivity (Wildman–Crippen MR) is 162 cm³/mol. The first-order chi connectivity index (χ1) is 22.9. The van der Waals surface area contributed by atoms with Crippen LogP contribution in [0.5, 0.6) is 5.75 Å². The molecule has 5 aliphatic rings. The Morgan fingerprint density at radius 2 is 1.88 bits per heavy atom. The average Bonchev–Trinajstić information content (AvgIpc) is 3.36. The molecule has 0 aromatic heterocycles. The molecule has 1 spiro atoms. The van der Waals surface area contributed by atoms with E-state index in [1.54, 1.807) is 12.1 Å². The van der Waals surface area contributed by atoms with E-state index >= 15 is 0 Å². The molecule has 2 aliphatic heterocycles. The molecule has 2 aromatic carbocycles. The molecule has 1 unspecified atom stereocenters. The highest BCUT2D eigenvalue weighted by Gasteiger charge is 2.56. The third-order valence-corrected chi connectivity index (χ3v) is 10.2. The molecule has 2 bridgehead atoms. The molecule has 2 heterocycles. The maximum Gasteiger partial charge on any atom is 0.419 e. The molecule has 2 saturated heterocycles. The summed E-state index contributed by atoms with van der Waals surface area (Å²) in [7, 11) is 1.40. The third-order valence-electron chi connectivity index (χ3n) is 10.2. The molecule has 5 amide bonds. The van der Waals surface area contributed by atoms with Crippen LogP contribution < -0.4 is 20.7 Å². The van der Waals surface area contributed by atoms with Crippen molar-refractivity contribution in [1.29, 1.82) is 0 Å². The van der Waals surface area contributed by atoms with Gasteiger partial charge in [-0.3, -0.25) is 19.3 Å². The van der Waals surface area contributed by atoms with Gasteiger partial charge >= 0.3 is 12.2 Å². The number of halogens is 4. The van der Waals surface area contributed by atoms with Crippen LogP contribution in [0.1, 0.15) is 53.6 Å². The molecule has 48 heavy (non-hydrogen) atoms. The molecule has 5 atom stereocenters. The summed E-state index contributed by atoms with van der Waals surface area (Å²) in [5.41, 5.74) is -1.08. The van der Waals surface area contributed by atoms with Crippen LogP contribution in [0.3, 0.4) is 0 Å². The topological polar surface area (TPSA) is 126 Å². The number of carbonyl (C=O) groups is 4. The standard InChI is InChI=1S/C34H34F4N4O6/c1-47-26-9-4-18(15-42-31(45)33(41-32(42)46)10-11-48-16-33)13-23(26)29(43)40-28-21-7-6-20(22(21)12-17-2-3-17)27(28)30(44)39-19-5-8-25(35)24(14-19)34(36,37)38/h4-5,8-9,12-14,17,20-21,27-28H,2-3,6-7,10-11,15-16H2,1H3,(H,39,44)(H,40,43)(H,41,46)/b22-12-/t20-,21+,27-,28+,33?/m0/s1. The minimum Gasteiger partial charge on any atom is -0.496 e. The van der Waals surface area contributed by atoms with Crippen LogP contribution in [0.4, 0.5) is 28.0 Å². The minimum atomic E-state index is -4.94. The minimum absolute atomic E-state index is 0.0878. The number of hydrogen-bond donors (Lipinski definition) is 3. The number of alkyl halides is 3. The van der Waals surface area contributed by atoms with Crippen molar-refractivity contribution in [2.45, 2.75) is 56.4 Å². The van der Waals surface area contributed by atoms with Crippen LogP contribution in [0.15, 0.2) is 48.0 Å². The van der Waals surface area contributed by atoms with Gasteiger partial charge in [0, 0.05) is 30.7 Å². The van der Waals surface area contributed by atoms with Crippen LogP contribution >= 0.6 is 0 Å². The first-order valence-electron chi connectivity index (χ1n) is 16.0. The Morgan fingerprint density at radius 1 is 1.10 bits per heavy atom. The van der Waals surface area contributed by atoms with Crippen LogP contribution in [0.2, 0.25) is 0 Å². The van der Waals surface area contributed by atoms with Crippen molar-refractivity contribution in [3.63, 3.8) is 0 Å². The van der Waals surface area contributed by atoms with Crippen LogP contribution in [-0.4, -0.2) is 60.6 Å². The number of fused-ring (bicyclic) bond motifs is 2. The molecule has 10 nitrogen and oxygen atoms in total. The van der Waals surface area contributed by atoms with E-state index in [0.29, 0.717) is 43.1 Å². The number of hydrogen-bond acceptors (Lipinski definition) is 6. The van der Waals surface area contributed by atoms with E-state index in [-0.39, 0.29) is 42.0 Å². The largest absolute Gasteiger partial charge is 0.496 e. The summed E-state index contributed by atoms with van der Waals surface area (Å²) in [5, 5.41) is 8.31. The van der Waals surface area contributed by atoms with Crippen molar-refractivity contribution in [3.05, 3.63) is 70.6 Å². The molecule has 3 aliphatic carbocycles. The lowest BCUT2D eigenvalue weighted by atomic mass is 9.83. The fraction of sp³-hybridized carbons (Fsp3) is 0.471. The van der Waals surface area contributed by atoms with E-state index in [1.807, 2.05) is 0 Å². The first kappa shape index (κ1) is 32.1. The maximum absolute atomic E-state index is 14.0. The molecule has 254 valence electrons. The van der Waals surface area contributed by atoms with Gasteiger partial charge in [0.25, 0.3) is 11.8 Å². The number of carbonyl (C=O) groups excluding carboxylic acids is 4. The number of methoxy groups -OCH3 is 1. The van der Waals surface area contributed by atoms with Crippen molar-refractivity contribution >= 4 is 29.4 Å². The Labute approximate surface area is 273 Å². The summed E-state index contributed by atoms with van der Waals surface area (Å²) in [6.07, 6.45) is 1.06. The zero-order valence-electron chi connectivity index (χ0n) is 26.0. The lowest BCUT2D eigenvalue weighted by Gasteiger charge is -2.30. The zero-order chi connectivity index (χ0) is 34.0. The monoisotopic (exact) mass is 670 g/mol. The molecule has 14 heteroatoms.